The Kier molecular flexibility index (Phi) is 4.02. The van der Waals surface area contributed by atoms with Crippen LogP contribution in [-0.4, -0.2) is 9.86 Å². The van der Waals surface area contributed by atoms with Gasteiger partial charge in [0.15, 0.2) is 0 Å². The Morgan fingerprint density at radius 2 is 2.00 bits per heavy atom. The number of nitrogens with zero attached hydrogens (tertiary/aromatic N) is 1. The van der Waals surface area contributed by atoms with Crippen molar-refractivity contribution in [3.8, 4) is 0 Å². The van der Waals surface area contributed by atoms with Crippen LogP contribution in [0.4, 0.5) is 4.39 Å². The van der Waals surface area contributed by atoms with Gasteiger partial charge in [0.25, 0.3) is 5.56 Å². The number of rotatable bonds is 4. The van der Waals surface area contributed by atoms with E-state index in [0.29, 0.717) is 10.9 Å². The zero-order chi connectivity index (χ0) is 15.5. The normalized spacial score (nSPS) is 10.8. The van der Waals surface area contributed by atoms with Crippen molar-refractivity contribution in [3.63, 3.8) is 0 Å². The lowest BCUT2D eigenvalue weighted by atomic mass is 10.2. The number of halogens is 1. The smallest absolute Gasteiger partial charge is 0.268 e. The molecule has 0 spiro atoms. The molecule has 6 heteroatoms. The van der Waals surface area contributed by atoms with Crippen LogP contribution in [0.2, 0.25) is 0 Å². The highest BCUT2D eigenvalue weighted by Gasteiger charge is 2.10. The number of hydrogen-bond acceptors (Lipinski definition) is 3. The van der Waals surface area contributed by atoms with E-state index in [9.17, 15) is 14.0 Å². The summed E-state index contributed by atoms with van der Waals surface area (Å²) in [6.07, 6.45) is 0. The van der Waals surface area contributed by atoms with Crippen LogP contribution in [0, 0.1) is 5.82 Å². The van der Waals surface area contributed by atoms with E-state index in [2.05, 4.69) is 5.32 Å². The second-order valence-corrected chi connectivity index (χ2v) is 5.90. The number of hydrogen-bond donors (Lipinski definition) is 1. The van der Waals surface area contributed by atoms with Gasteiger partial charge in [-0.15, -0.1) is 0 Å². The van der Waals surface area contributed by atoms with Crippen LogP contribution in [0.25, 0.3) is 10.1 Å². The monoisotopic (exact) mass is 316 g/mol. The maximum absolute atomic E-state index is 13.1. The van der Waals surface area contributed by atoms with Gasteiger partial charge < -0.3 is 5.32 Å². The van der Waals surface area contributed by atoms with Gasteiger partial charge in [-0.2, -0.15) is 0 Å². The van der Waals surface area contributed by atoms with Crippen LogP contribution in [0.3, 0.4) is 0 Å². The van der Waals surface area contributed by atoms with E-state index < -0.39 is 0 Å². The molecule has 112 valence electrons. The van der Waals surface area contributed by atoms with Crippen molar-refractivity contribution in [2.45, 2.75) is 13.1 Å². The fourth-order valence-corrected chi connectivity index (χ4v) is 3.15. The highest BCUT2D eigenvalue weighted by Crippen LogP contribution is 2.15. The summed E-state index contributed by atoms with van der Waals surface area (Å²) < 4.78 is 15.3. The summed E-state index contributed by atoms with van der Waals surface area (Å²) >= 11 is 1.26. The SMILES string of the molecule is O=C(Cn1sc2ccccc2c1=O)NCc1cccc(F)c1. The molecule has 0 aliphatic carbocycles. The third-order valence-corrected chi connectivity index (χ3v) is 4.29. The lowest BCUT2D eigenvalue weighted by Gasteiger charge is -2.05. The Labute approximate surface area is 130 Å². The van der Waals surface area contributed by atoms with Gasteiger partial charge in [-0.3, -0.25) is 13.5 Å². The lowest BCUT2D eigenvalue weighted by Crippen LogP contribution is -2.29. The van der Waals surface area contributed by atoms with Gasteiger partial charge in [-0.1, -0.05) is 35.8 Å². The average molecular weight is 316 g/mol. The summed E-state index contributed by atoms with van der Waals surface area (Å²) in [6, 6.07) is 13.3. The third kappa shape index (κ3) is 3.07. The molecule has 4 nitrogen and oxygen atoms in total. The molecule has 0 bridgehead atoms. The molecule has 3 aromatic rings. The number of amides is 1. The first kappa shape index (κ1) is 14.5. The molecule has 1 amide bonds. The molecule has 3 rings (SSSR count). The van der Waals surface area contributed by atoms with Crippen LogP contribution >= 0.6 is 11.5 Å². The number of carbonyl (C=O) groups is 1. The predicted octanol–water partition coefficient (Wildman–Crippen LogP) is 2.52. The molecule has 1 aromatic heterocycles. The van der Waals surface area contributed by atoms with Gasteiger partial charge in [0.05, 0.1) is 10.1 Å². The van der Waals surface area contributed by atoms with Gasteiger partial charge in [0.2, 0.25) is 5.91 Å². The molecule has 22 heavy (non-hydrogen) atoms. The minimum atomic E-state index is -0.340. The Morgan fingerprint density at radius 1 is 1.18 bits per heavy atom. The maximum atomic E-state index is 13.1. The molecule has 1 N–H and O–H groups in total. The van der Waals surface area contributed by atoms with Gasteiger partial charge in [-0.05, 0) is 29.8 Å². The van der Waals surface area contributed by atoms with Crippen LogP contribution in [0.1, 0.15) is 5.56 Å². The van der Waals surface area contributed by atoms with Crippen molar-refractivity contribution in [3.05, 3.63) is 70.3 Å². The quantitative estimate of drug-likeness (QED) is 0.804. The summed E-state index contributed by atoms with van der Waals surface area (Å²) in [5.74, 6) is -0.620. The number of aromatic nitrogens is 1. The number of benzene rings is 2. The van der Waals surface area contributed by atoms with E-state index >= 15 is 0 Å². The molecule has 0 saturated heterocycles. The topological polar surface area (TPSA) is 51.1 Å². The minimum absolute atomic E-state index is 0.0342. The highest BCUT2D eigenvalue weighted by atomic mass is 32.1. The molecule has 0 fully saturated rings. The third-order valence-electron chi connectivity index (χ3n) is 3.22. The Bertz CT molecular complexity index is 885. The Balaban J connectivity index is 1.68. The fraction of sp³-hybridized carbons (Fsp3) is 0.125. The summed E-state index contributed by atoms with van der Waals surface area (Å²) in [7, 11) is 0. The molecule has 0 saturated carbocycles. The second kappa shape index (κ2) is 6.11. The van der Waals surface area contributed by atoms with Crippen molar-refractivity contribution in [2.24, 2.45) is 0 Å². The number of fused-ring (bicyclic) bond motifs is 1. The van der Waals surface area contributed by atoms with Crippen LogP contribution in [0.15, 0.2) is 53.3 Å². The lowest BCUT2D eigenvalue weighted by molar-refractivity contribution is -0.121. The highest BCUT2D eigenvalue weighted by molar-refractivity contribution is 7.13. The van der Waals surface area contributed by atoms with E-state index in [4.69, 9.17) is 0 Å². The van der Waals surface area contributed by atoms with Crippen molar-refractivity contribution < 1.29 is 9.18 Å². The van der Waals surface area contributed by atoms with Gasteiger partial charge in [0.1, 0.15) is 12.4 Å². The Morgan fingerprint density at radius 3 is 2.77 bits per heavy atom. The van der Waals surface area contributed by atoms with Crippen molar-refractivity contribution in [2.75, 3.05) is 0 Å². The van der Waals surface area contributed by atoms with E-state index in [1.807, 2.05) is 12.1 Å². The van der Waals surface area contributed by atoms with Crippen molar-refractivity contribution in [1.82, 2.24) is 9.27 Å². The summed E-state index contributed by atoms with van der Waals surface area (Å²) in [6.45, 7) is 0.198. The standard InChI is InChI=1S/C16H13FN2O2S/c17-12-5-3-4-11(8-12)9-18-15(20)10-19-16(21)13-6-1-2-7-14(13)22-19/h1-8H,9-10H2,(H,18,20). The predicted molar refractivity (Wildman–Crippen MR) is 84.3 cm³/mol. The van der Waals surface area contributed by atoms with Crippen LogP contribution in [0.5, 0.6) is 0 Å². The molecule has 0 aliphatic heterocycles. The molecule has 1 heterocycles. The zero-order valence-corrected chi connectivity index (χ0v) is 12.4. The molecule has 0 unspecified atom stereocenters. The van der Waals surface area contributed by atoms with E-state index in [1.54, 1.807) is 24.3 Å². The summed E-state index contributed by atoms with van der Waals surface area (Å²) in [5.41, 5.74) is 0.513. The van der Waals surface area contributed by atoms with E-state index in [0.717, 1.165) is 4.70 Å². The van der Waals surface area contributed by atoms with Crippen LogP contribution in [-0.2, 0) is 17.9 Å². The van der Waals surface area contributed by atoms with Gasteiger partial charge in [0, 0.05) is 6.54 Å². The van der Waals surface area contributed by atoms with Crippen molar-refractivity contribution in [1.29, 1.82) is 0 Å². The summed E-state index contributed by atoms with van der Waals surface area (Å²) in [4.78, 5) is 24.1. The maximum Gasteiger partial charge on any atom is 0.268 e. The first-order chi connectivity index (χ1) is 10.6. The van der Waals surface area contributed by atoms with Crippen LogP contribution < -0.4 is 10.9 Å². The largest absolute Gasteiger partial charge is 0.350 e. The molecule has 0 atom stereocenters. The molecular weight excluding hydrogens is 303 g/mol. The number of carbonyl (C=O) groups excluding carboxylic acids is 1. The second-order valence-electron chi connectivity index (χ2n) is 4.84. The van der Waals surface area contributed by atoms with Crippen molar-refractivity contribution >= 4 is 27.5 Å². The zero-order valence-electron chi connectivity index (χ0n) is 11.6. The van der Waals surface area contributed by atoms with E-state index in [-0.39, 0.29) is 30.4 Å². The average Bonchev–Trinajstić information content (AvgIpc) is 2.82. The molecule has 0 radical (unpaired) electrons. The molecule has 2 aromatic carbocycles. The first-order valence-corrected chi connectivity index (χ1v) is 7.51. The summed E-state index contributed by atoms with van der Waals surface area (Å²) in [5, 5.41) is 3.30. The van der Waals surface area contributed by atoms with Gasteiger partial charge >= 0.3 is 0 Å². The molecular formula is C16H13FN2O2S. The minimum Gasteiger partial charge on any atom is -0.350 e. The van der Waals surface area contributed by atoms with E-state index in [1.165, 1.54) is 27.6 Å². The molecule has 0 aliphatic rings. The Hall–Kier alpha value is -2.47. The van der Waals surface area contributed by atoms with Gasteiger partial charge in [-0.25, -0.2) is 4.39 Å². The fourth-order valence-electron chi connectivity index (χ4n) is 2.16. The first-order valence-electron chi connectivity index (χ1n) is 6.73. The number of nitrogens with one attached hydrogen (secondary N) is 1.